The van der Waals surface area contributed by atoms with Crippen LogP contribution in [0, 0.1) is 0 Å². The summed E-state index contributed by atoms with van der Waals surface area (Å²) < 4.78 is 28.5. The molecule has 2 amide bonds. The fraction of sp³-hybridized carbons (Fsp3) is 0.310. The van der Waals surface area contributed by atoms with Crippen molar-refractivity contribution in [1.29, 1.82) is 0 Å². The Hall–Kier alpha value is -3.36. The third kappa shape index (κ3) is 7.58. The first-order valence-electron chi connectivity index (χ1n) is 12.7. The molecule has 202 valence electrons. The molecule has 3 aromatic rings. The van der Waals surface area contributed by atoms with E-state index in [1.165, 1.54) is 17.0 Å². The molecule has 0 bridgehead atoms. The number of halogens is 1. The highest BCUT2D eigenvalue weighted by atomic mass is 35.5. The van der Waals surface area contributed by atoms with E-state index in [9.17, 15) is 18.0 Å². The average Bonchev–Trinajstić information content (AvgIpc) is 2.94. The van der Waals surface area contributed by atoms with Gasteiger partial charge in [0.15, 0.2) is 0 Å². The highest BCUT2D eigenvalue weighted by Crippen LogP contribution is 2.26. The highest BCUT2D eigenvalue weighted by molar-refractivity contribution is 7.92. The number of amides is 2. The van der Waals surface area contributed by atoms with E-state index in [4.69, 9.17) is 11.6 Å². The van der Waals surface area contributed by atoms with Crippen LogP contribution in [0.25, 0.3) is 0 Å². The van der Waals surface area contributed by atoms with Crippen molar-refractivity contribution >= 4 is 39.1 Å². The zero-order valence-electron chi connectivity index (χ0n) is 21.7. The second-order valence-corrected chi connectivity index (χ2v) is 11.1. The van der Waals surface area contributed by atoms with E-state index in [1.807, 2.05) is 44.2 Å². The Bertz CT molecular complexity index is 1290. The minimum atomic E-state index is -4.09. The summed E-state index contributed by atoms with van der Waals surface area (Å²) in [5.74, 6) is -0.714. The third-order valence-electron chi connectivity index (χ3n) is 6.14. The van der Waals surface area contributed by atoms with Crippen molar-refractivity contribution in [2.45, 2.75) is 44.0 Å². The highest BCUT2D eigenvalue weighted by Gasteiger charge is 2.33. The summed E-state index contributed by atoms with van der Waals surface area (Å²) in [6, 6.07) is 23.2. The van der Waals surface area contributed by atoms with Gasteiger partial charge in [-0.2, -0.15) is 0 Å². The number of hydrogen-bond acceptors (Lipinski definition) is 4. The van der Waals surface area contributed by atoms with E-state index in [-0.39, 0.29) is 17.3 Å². The van der Waals surface area contributed by atoms with Gasteiger partial charge in [0.2, 0.25) is 11.8 Å². The summed E-state index contributed by atoms with van der Waals surface area (Å²) in [5, 5.41) is 3.33. The monoisotopic (exact) mass is 555 g/mol. The molecule has 0 radical (unpaired) electrons. The maximum atomic E-state index is 13.9. The van der Waals surface area contributed by atoms with Crippen molar-refractivity contribution < 1.29 is 18.0 Å². The Kier molecular flexibility index (Phi) is 10.7. The van der Waals surface area contributed by atoms with Crippen LogP contribution in [-0.4, -0.2) is 50.8 Å². The van der Waals surface area contributed by atoms with Crippen LogP contribution in [-0.2, 0) is 26.0 Å². The maximum Gasteiger partial charge on any atom is 0.264 e. The fourth-order valence-corrected chi connectivity index (χ4v) is 5.68. The molecule has 0 fully saturated rings. The van der Waals surface area contributed by atoms with Crippen molar-refractivity contribution in [3.63, 3.8) is 0 Å². The summed E-state index contributed by atoms with van der Waals surface area (Å²) in [4.78, 5) is 28.5. The summed E-state index contributed by atoms with van der Waals surface area (Å²) in [6.07, 6.45) is 1.68. The molecule has 0 aliphatic carbocycles. The standard InChI is InChI=1S/C29H34ClN3O4S/c1-3-20-31-29(35)27(4-2)32(21-19-23-11-7-5-8-12-23)28(34)22-33(25-17-15-24(30)16-18-25)38(36,37)26-13-9-6-10-14-26/h5-18,27H,3-4,19-22H2,1-2H3,(H,31,35). The van der Waals surface area contributed by atoms with Gasteiger partial charge in [-0.15, -0.1) is 0 Å². The van der Waals surface area contributed by atoms with E-state index < -0.39 is 28.5 Å². The van der Waals surface area contributed by atoms with Crippen molar-refractivity contribution in [3.05, 3.63) is 95.5 Å². The first-order valence-corrected chi connectivity index (χ1v) is 14.5. The van der Waals surface area contributed by atoms with Crippen molar-refractivity contribution in [2.24, 2.45) is 0 Å². The molecule has 1 unspecified atom stereocenters. The molecular formula is C29H34ClN3O4S. The Morgan fingerprint density at radius 1 is 0.895 bits per heavy atom. The predicted octanol–water partition coefficient (Wildman–Crippen LogP) is 4.91. The van der Waals surface area contributed by atoms with Gasteiger partial charge in [-0.05, 0) is 61.2 Å². The van der Waals surface area contributed by atoms with Gasteiger partial charge in [0, 0.05) is 18.1 Å². The van der Waals surface area contributed by atoms with Crippen LogP contribution >= 0.6 is 11.6 Å². The van der Waals surface area contributed by atoms with E-state index in [2.05, 4.69) is 5.32 Å². The van der Waals surface area contributed by atoms with Gasteiger partial charge in [-0.3, -0.25) is 13.9 Å². The molecular weight excluding hydrogens is 522 g/mol. The molecule has 0 aliphatic rings. The molecule has 0 heterocycles. The Labute approximate surface area is 230 Å². The third-order valence-corrected chi connectivity index (χ3v) is 8.18. The lowest BCUT2D eigenvalue weighted by atomic mass is 10.1. The number of carbonyl (C=O) groups is 2. The molecule has 1 atom stereocenters. The molecule has 0 saturated heterocycles. The number of nitrogens with one attached hydrogen (secondary N) is 1. The Morgan fingerprint density at radius 2 is 1.50 bits per heavy atom. The first-order chi connectivity index (χ1) is 18.3. The zero-order chi connectivity index (χ0) is 27.5. The molecule has 0 aromatic heterocycles. The van der Waals surface area contributed by atoms with Crippen LogP contribution in [0.1, 0.15) is 32.3 Å². The zero-order valence-corrected chi connectivity index (χ0v) is 23.3. The summed E-state index contributed by atoms with van der Waals surface area (Å²) in [6.45, 7) is 4.09. The maximum absolute atomic E-state index is 13.9. The van der Waals surface area contributed by atoms with Gasteiger partial charge in [0.05, 0.1) is 10.6 Å². The molecule has 38 heavy (non-hydrogen) atoms. The smallest absolute Gasteiger partial charge is 0.264 e. The lowest BCUT2D eigenvalue weighted by molar-refractivity contribution is -0.139. The van der Waals surface area contributed by atoms with Gasteiger partial charge in [0.1, 0.15) is 12.6 Å². The quantitative estimate of drug-likeness (QED) is 0.324. The van der Waals surface area contributed by atoms with Gasteiger partial charge in [-0.1, -0.05) is 74.0 Å². The van der Waals surface area contributed by atoms with Crippen molar-refractivity contribution in [3.8, 4) is 0 Å². The van der Waals surface area contributed by atoms with Crippen LogP contribution in [0.3, 0.4) is 0 Å². The lowest BCUT2D eigenvalue weighted by Gasteiger charge is -2.33. The van der Waals surface area contributed by atoms with Gasteiger partial charge < -0.3 is 10.2 Å². The first kappa shape index (κ1) is 29.2. The lowest BCUT2D eigenvalue weighted by Crippen LogP contribution is -2.53. The van der Waals surface area contributed by atoms with Crippen LogP contribution < -0.4 is 9.62 Å². The predicted molar refractivity (Wildman–Crippen MR) is 152 cm³/mol. The molecule has 0 spiro atoms. The van der Waals surface area contributed by atoms with Crippen LogP contribution in [0.15, 0.2) is 89.8 Å². The van der Waals surface area contributed by atoms with Gasteiger partial charge in [-0.25, -0.2) is 8.42 Å². The summed E-state index contributed by atoms with van der Waals surface area (Å²) >= 11 is 6.05. The molecule has 3 rings (SSSR count). The molecule has 0 saturated carbocycles. The number of benzene rings is 3. The van der Waals surface area contributed by atoms with E-state index in [0.717, 1.165) is 16.3 Å². The molecule has 9 heteroatoms. The van der Waals surface area contributed by atoms with E-state index in [0.29, 0.717) is 30.1 Å². The number of hydrogen-bond donors (Lipinski definition) is 1. The number of anilines is 1. The molecule has 3 aromatic carbocycles. The normalized spacial score (nSPS) is 12.0. The molecule has 1 N–H and O–H groups in total. The number of nitrogens with zero attached hydrogens (tertiary/aromatic N) is 2. The Balaban J connectivity index is 1.97. The number of rotatable bonds is 13. The summed E-state index contributed by atoms with van der Waals surface area (Å²) in [7, 11) is -4.09. The average molecular weight is 556 g/mol. The van der Waals surface area contributed by atoms with Crippen LogP contribution in [0.4, 0.5) is 5.69 Å². The minimum Gasteiger partial charge on any atom is -0.354 e. The number of sulfonamides is 1. The second-order valence-electron chi connectivity index (χ2n) is 8.84. The Morgan fingerprint density at radius 3 is 2.08 bits per heavy atom. The SMILES string of the molecule is CCCNC(=O)C(CC)N(CCc1ccccc1)C(=O)CN(c1ccc(Cl)cc1)S(=O)(=O)c1ccccc1. The second kappa shape index (κ2) is 14.0. The van der Waals surface area contributed by atoms with Crippen molar-refractivity contribution in [1.82, 2.24) is 10.2 Å². The van der Waals surface area contributed by atoms with Crippen molar-refractivity contribution in [2.75, 3.05) is 23.9 Å². The topological polar surface area (TPSA) is 86.8 Å². The van der Waals surface area contributed by atoms with Gasteiger partial charge in [0.25, 0.3) is 10.0 Å². The molecule has 7 nitrogen and oxygen atoms in total. The van der Waals surface area contributed by atoms with Crippen LogP contribution in [0.5, 0.6) is 0 Å². The number of carbonyl (C=O) groups excluding carboxylic acids is 2. The van der Waals surface area contributed by atoms with Crippen LogP contribution in [0.2, 0.25) is 5.02 Å². The molecule has 0 aliphatic heterocycles. The minimum absolute atomic E-state index is 0.0614. The van der Waals surface area contributed by atoms with E-state index in [1.54, 1.807) is 42.5 Å². The largest absolute Gasteiger partial charge is 0.354 e. The van der Waals surface area contributed by atoms with Gasteiger partial charge >= 0.3 is 0 Å². The summed E-state index contributed by atoms with van der Waals surface area (Å²) in [5.41, 5.74) is 1.32. The fourth-order valence-electron chi connectivity index (χ4n) is 4.12. The van der Waals surface area contributed by atoms with E-state index >= 15 is 0 Å².